The lowest BCUT2D eigenvalue weighted by molar-refractivity contribution is -0.275. The molecule has 0 aliphatic rings. The van der Waals surface area contributed by atoms with Crippen LogP contribution in [-0.4, -0.2) is 43.5 Å². The van der Waals surface area contributed by atoms with Crippen molar-refractivity contribution in [3.63, 3.8) is 0 Å². The van der Waals surface area contributed by atoms with E-state index in [1.165, 1.54) is 47.4 Å². The van der Waals surface area contributed by atoms with Crippen LogP contribution >= 0.6 is 0 Å². The summed E-state index contributed by atoms with van der Waals surface area (Å²) in [7, 11) is 3.06. The van der Waals surface area contributed by atoms with E-state index in [9.17, 15) is 22.8 Å². The number of rotatable bonds is 5. The van der Waals surface area contributed by atoms with Crippen LogP contribution in [0.25, 0.3) is 11.0 Å². The third-order valence-electron chi connectivity index (χ3n) is 4.06. The third-order valence-corrected chi connectivity index (χ3v) is 4.06. The van der Waals surface area contributed by atoms with Crippen LogP contribution in [0, 0.1) is 0 Å². The molecule has 0 radical (unpaired) electrons. The predicted molar refractivity (Wildman–Crippen MR) is 92.4 cm³/mol. The van der Waals surface area contributed by atoms with Gasteiger partial charge in [0.25, 0.3) is 5.56 Å². The number of likely N-dealkylation sites (N-methyl/N-ethyl adjacent to an activating group) is 1. The van der Waals surface area contributed by atoms with E-state index in [4.69, 9.17) is 0 Å². The zero-order valence-corrected chi connectivity index (χ0v) is 15.0. The molecule has 3 aromatic rings. The Morgan fingerprint density at radius 3 is 2.71 bits per heavy atom. The van der Waals surface area contributed by atoms with Gasteiger partial charge in [0.1, 0.15) is 24.0 Å². The zero-order chi connectivity index (χ0) is 20.5. The summed E-state index contributed by atoms with van der Waals surface area (Å²) < 4.78 is 44.1. The Bertz CT molecular complexity index is 1070. The molecule has 0 aliphatic carbocycles. The standard InChI is InChI=1S/C17H16F3N5O3/c1-23(8-11-5-3-4-6-13(11)28-17(18,19)20)14(26)9-25-10-21-15-12(16(25)27)7-22-24(15)2/h3-7,10H,8-9H2,1-2H3. The fraction of sp³-hybridized carbons (Fsp3) is 0.294. The Hall–Kier alpha value is -3.37. The van der Waals surface area contributed by atoms with Crippen LogP contribution in [0.2, 0.25) is 0 Å². The van der Waals surface area contributed by atoms with Gasteiger partial charge < -0.3 is 9.64 Å². The molecule has 0 unspecified atom stereocenters. The average Bonchev–Trinajstić information content (AvgIpc) is 2.99. The highest BCUT2D eigenvalue weighted by Crippen LogP contribution is 2.26. The van der Waals surface area contributed by atoms with E-state index in [2.05, 4.69) is 14.8 Å². The number of aromatic nitrogens is 4. The molecule has 0 spiro atoms. The number of halogens is 3. The van der Waals surface area contributed by atoms with Crippen molar-refractivity contribution in [2.45, 2.75) is 19.5 Å². The van der Waals surface area contributed by atoms with Crippen molar-refractivity contribution in [3.05, 3.63) is 52.7 Å². The molecule has 11 heteroatoms. The number of benzene rings is 1. The molecule has 1 aromatic carbocycles. The molecule has 0 fully saturated rings. The molecule has 0 aliphatic heterocycles. The van der Waals surface area contributed by atoms with Crippen LogP contribution in [-0.2, 0) is 24.9 Å². The molecule has 0 N–H and O–H groups in total. The Morgan fingerprint density at radius 2 is 2.00 bits per heavy atom. The first kappa shape index (κ1) is 19.4. The minimum absolute atomic E-state index is 0.123. The predicted octanol–water partition coefficient (Wildman–Crippen LogP) is 1.69. The lowest BCUT2D eigenvalue weighted by atomic mass is 10.2. The van der Waals surface area contributed by atoms with Crippen LogP contribution in [0.1, 0.15) is 5.56 Å². The van der Waals surface area contributed by atoms with E-state index in [1.807, 2.05) is 0 Å². The molecule has 0 bridgehead atoms. The molecule has 0 saturated heterocycles. The van der Waals surface area contributed by atoms with E-state index < -0.39 is 17.8 Å². The van der Waals surface area contributed by atoms with Crippen LogP contribution in [0.3, 0.4) is 0 Å². The number of amides is 1. The molecule has 1 amide bonds. The number of fused-ring (bicyclic) bond motifs is 1. The molecule has 2 heterocycles. The highest BCUT2D eigenvalue weighted by Gasteiger charge is 2.32. The molecular formula is C17H16F3N5O3. The van der Waals surface area contributed by atoms with Gasteiger partial charge in [-0.05, 0) is 6.07 Å². The average molecular weight is 395 g/mol. The molecule has 8 nitrogen and oxygen atoms in total. The van der Waals surface area contributed by atoms with E-state index in [-0.39, 0.29) is 29.8 Å². The Labute approximate surface area is 156 Å². The Kier molecular flexibility index (Phi) is 5.08. The topological polar surface area (TPSA) is 82.2 Å². The van der Waals surface area contributed by atoms with Gasteiger partial charge in [0.15, 0.2) is 5.65 Å². The summed E-state index contributed by atoms with van der Waals surface area (Å²) in [6.07, 6.45) is -2.24. The second kappa shape index (κ2) is 7.33. The minimum Gasteiger partial charge on any atom is -0.405 e. The second-order valence-electron chi connectivity index (χ2n) is 6.09. The normalized spacial score (nSPS) is 11.6. The van der Waals surface area contributed by atoms with Crippen molar-refractivity contribution in [2.24, 2.45) is 7.05 Å². The third kappa shape index (κ3) is 4.13. The van der Waals surface area contributed by atoms with E-state index in [0.29, 0.717) is 5.65 Å². The van der Waals surface area contributed by atoms with E-state index >= 15 is 0 Å². The van der Waals surface area contributed by atoms with Crippen molar-refractivity contribution >= 4 is 16.9 Å². The lowest BCUT2D eigenvalue weighted by Crippen LogP contribution is -2.34. The van der Waals surface area contributed by atoms with Crippen molar-refractivity contribution in [3.8, 4) is 5.75 Å². The van der Waals surface area contributed by atoms with Crippen molar-refractivity contribution < 1.29 is 22.7 Å². The van der Waals surface area contributed by atoms with Gasteiger partial charge in [-0.1, -0.05) is 18.2 Å². The van der Waals surface area contributed by atoms with E-state index in [0.717, 1.165) is 4.57 Å². The smallest absolute Gasteiger partial charge is 0.405 e. The molecule has 28 heavy (non-hydrogen) atoms. The van der Waals surface area contributed by atoms with Crippen LogP contribution in [0.15, 0.2) is 41.6 Å². The first-order valence-electron chi connectivity index (χ1n) is 8.10. The summed E-state index contributed by atoms with van der Waals surface area (Å²) in [5.74, 6) is -0.862. The quantitative estimate of drug-likeness (QED) is 0.657. The molecule has 0 saturated carbocycles. The largest absolute Gasteiger partial charge is 0.573 e. The highest BCUT2D eigenvalue weighted by atomic mass is 19.4. The summed E-state index contributed by atoms with van der Waals surface area (Å²) >= 11 is 0. The second-order valence-corrected chi connectivity index (χ2v) is 6.09. The molecule has 0 atom stereocenters. The first-order chi connectivity index (χ1) is 13.2. The number of hydrogen-bond acceptors (Lipinski definition) is 5. The summed E-state index contributed by atoms with van der Waals surface area (Å²) in [6, 6.07) is 5.55. The number of carbonyl (C=O) groups is 1. The van der Waals surface area contributed by atoms with Crippen molar-refractivity contribution in [2.75, 3.05) is 7.05 Å². The van der Waals surface area contributed by atoms with E-state index in [1.54, 1.807) is 13.1 Å². The number of nitrogens with zero attached hydrogens (tertiary/aromatic N) is 5. The summed E-state index contributed by atoms with van der Waals surface area (Å²) in [4.78, 5) is 30.2. The maximum Gasteiger partial charge on any atom is 0.573 e. The molecule has 148 valence electrons. The van der Waals surface area contributed by atoms with Gasteiger partial charge in [-0.15, -0.1) is 13.2 Å². The van der Waals surface area contributed by atoms with Gasteiger partial charge in [-0.2, -0.15) is 5.10 Å². The van der Waals surface area contributed by atoms with Gasteiger partial charge >= 0.3 is 6.36 Å². The monoisotopic (exact) mass is 395 g/mol. The summed E-state index contributed by atoms with van der Waals surface area (Å²) in [5.41, 5.74) is 0.143. The van der Waals surface area contributed by atoms with Crippen LogP contribution < -0.4 is 10.3 Å². The maximum absolute atomic E-state index is 12.5. The summed E-state index contributed by atoms with van der Waals surface area (Å²) in [6.45, 7) is -0.433. The van der Waals surface area contributed by atoms with Crippen molar-refractivity contribution in [1.82, 2.24) is 24.2 Å². The number of aryl methyl sites for hydroxylation is 1. The lowest BCUT2D eigenvalue weighted by Gasteiger charge is -2.20. The number of para-hydroxylation sites is 1. The van der Waals surface area contributed by atoms with Gasteiger partial charge in [0, 0.05) is 26.2 Å². The Balaban J connectivity index is 1.76. The number of alkyl halides is 3. The van der Waals surface area contributed by atoms with Gasteiger partial charge in [-0.25, -0.2) is 4.98 Å². The van der Waals surface area contributed by atoms with Crippen LogP contribution in [0.5, 0.6) is 5.75 Å². The van der Waals surface area contributed by atoms with Gasteiger partial charge in [0.05, 0.1) is 6.20 Å². The first-order valence-corrected chi connectivity index (χ1v) is 8.10. The number of ether oxygens (including phenoxy) is 1. The fourth-order valence-electron chi connectivity index (χ4n) is 2.65. The summed E-state index contributed by atoms with van der Waals surface area (Å²) in [5, 5.41) is 4.21. The fourth-order valence-corrected chi connectivity index (χ4v) is 2.65. The molecular weight excluding hydrogens is 379 g/mol. The molecule has 3 rings (SSSR count). The van der Waals surface area contributed by atoms with Crippen LogP contribution in [0.4, 0.5) is 13.2 Å². The molecule has 2 aromatic heterocycles. The van der Waals surface area contributed by atoms with Gasteiger partial charge in [-0.3, -0.25) is 18.8 Å². The van der Waals surface area contributed by atoms with Crippen molar-refractivity contribution in [1.29, 1.82) is 0 Å². The van der Waals surface area contributed by atoms with Gasteiger partial charge in [0.2, 0.25) is 5.91 Å². The Morgan fingerprint density at radius 1 is 1.29 bits per heavy atom. The SMILES string of the molecule is CN(Cc1ccccc1OC(F)(F)F)C(=O)Cn1cnc2c(cnn2C)c1=O. The maximum atomic E-state index is 12.5. The number of carbonyl (C=O) groups excluding carboxylic acids is 1. The zero-order valence-electron chi connectivity index (χ0n) is 15.0. The number of hydrogen-bond donors (Lipinski definition) is 0. The minimum atomic E-state index is -4.84. The highest BCUT2D eigenvalue weighted by molar-refractivity contribution is 5.77.